The van der Waals surface area contributed by atoms with Gasteiger partial charge in [-0.1, -0.05) is 24.3 Å². The van der Waals surface area contributed by atoms with E-state index < -0.39 is 22.2 Å². The van der Waals surface area contributed by atoms with Crippen molar-refractivity contribution in [2.75, 3.05) is 33.2 Å². The minimum absolute atomic E-state index is 0.000970. The smallest absolute Gasteiger partial charge is 0.475 e. The molecule has 1 aromatic carbocycles. The number of carbonyl (C=O) groups excluding carboxylic acids is 1. The molecule has 3 aliphatic rings. The summed E-state index contributed by atoms with van der Waals surface area (Å²) in [6.45, 7) is 3.31. The van der Waals surface area contributed by atoms with Gasteiger partial charge in [-0.15, -0.1) is 0 Å². The molecule has 2 atom stereocenters. The Labute approximate surface area is 218 Å². The Morgan fingerprint density at radius 3 is 2.29 bits per heavy atom. The summed E-state index contributed by atoms with van der Waals surface area (Å²) in [5, 5.41) is 7.12. The molecule has 3 fully saturated rings. The number of pyridine rings is 1. The highest BCUT2D eigenvalue weighted by molar-refractivity contribution is 7.89. The molecule has 0 unspecified atom stereocenters. The molecule has 38 heavy (non-hydrogen) atoms. The van der Waals surface area contributed by atoms with Gasteiger partial charge in [-0.05, 0) is 36.6 Å². The Balaban J connectivity index is 0.000000426. The van der Waals surface area contributed by atoms with Crippen LogP contribution in [0.25, 0.3) is 0 Å². The van der Waals surface area contributed by atoms with Crippen LogP contribution >= 0.6 is 0 Å². The minimum Gasteiger partial charge on any atom is -0.475 e. The van der Waals surface area contributed by atoms with E-state index in [1.54, 1.807) is 34.8 Å². The van der Waals surface area contributed by atoms with Gasteiger partial charge in [0.15, 0.2) is 0 Å². The van der Waals surface area contributed by atoms with Gasteiger partial charge in [0.1, 0.15) is 0 Å². The fourth-order valence-electron chi connectivity index (χ4n) is 5.84. The summed E-state index contributed by atoms with van der Waals surface area (Å²) in [7, 11) is -1.59. The second-order valence-electron chi connectivity index (χ2n) is 9.79. The van der Waals surface area contributed by atoms with Crippen molar-refractivity contribution in [3.8, 4) is 0 Å². The number of nitrogens with zero attached hydrogens (tertiary/aromatic N) is 4. The van der Waals surface area contributed by atoms with Gasteiger partial charge in [0.05, 0.1) is 10.8 Å². The molecule has 0 aliphatic carbocycles. The van der Waals surface area contributed by atoms with Gasteiger partial charge < -0.3 is 10.0 Å². The fourth-order valence-corrected chi connectivity index (χ4v) is 7.30. The summed E-state index contributed by atoms with van der Waals surface area (Å²) >= 11 is 0. The number of halogens is 3. The van der Waals surface area contributed by atoms with Crippen molar-refractivity contribution in [1.82, 2.24) is 19.1 Å². The maximum Gasteiger partial charge on any atom is 0.490 e. The van der Waals surface area contributed by atoms with Gasteiger partial charge in [-0.3, -0.25) is 14.7 Å². The number of rotatable bonds is 4. The zero-order valence-electron chi connectivity index (χ0n) is 20.7. The van der Waals surface area contributed by atoms with Crippen LogP contribution in [0.1, 0.15) is 18.4 Å². The third-order valence-corrected chi connectivity index (χ3v) is 9.66. The lowest BCUT2D eigenvalue weighted by molar-refractivity contribution is -0.192. The number of alkyl halides is 3. The standard InChI is InChI=1S/C23H28N4O3S.C2HF3O2/c1-25-22(28)20-16-26(15-18-6-5-11-24-14-18)17-21(20)23(25)9-12-27(13-10-23)31(29,30)19-7-3-2-4-8-19;3-2(4,5)1(6)7/h2-8,11,14,20-21H,9-10,12-13,15-17H2,1H3;(H,6,7)/t20-,21+;/m0./s1. The molecule has 1 N–H and O–H groups in total. The molecular weight excluding hydrogens is 525 g/mol. The van der Waals surface area contributed by atoms with Crippen LogP contribution in [0.15, 0.2) is 59.8 Å². The highest BCUT2D eigenvalue weighted by atomic mass is 32.2. The quantitative estimate of drug-likeness (QED) is 0.618. The van der Waals surface area contributed by atoms with Crippen molar-refractivity contribution in [2.45, 2.75) is 36.0 Å². The number of benzene rings is 1. The zero-order chi connectivity index (χ0) is 27.7. The van der Waals surface area contributed by atoms with E-state index in [-0.39, 0.29) is 23.3 Å². The Morgan fingerprint density at radius 1 is 1.11 bits per heavy atom. The molecule has 3 saturated heterocycles. The molecule has 1 amide bonds. The fraction of sp³-hybridized carbons (Fsp3) is 0.480. The first kappa shape index (κ1) is 28.0. The molecule has 13 heteroatoms. The molecule has 2 aromatic rings. The first-order valence-corrected chi connectivity index (χ1v) is 13.5. The van der Waals surface area contributed by atoms with Crippen LogP contribution in [-0.4, -0.2) is 89.4 Å². The van der Waals surface area contributed by atoms with Crippen LogP contribution in [0.5, 0.6) is 0 Å². The van der Waals surface area contributed by atoms with Crippen molar-refractivity contribution < 1.29 is 36.3 Å². The van der Waals surface area contributed by atoms with Gasteiger partial charge >= 0.3 is 12.1 Å². The van der Waals surface area contributed by atoms with E-state index in [0.717, 1.165) is 25.2 Å². The van der Waals surface area contributed by atoms with Crippen LogP contribution in [0.4, 0.5) is 13.2 Å². The number of likely N-dealkylation sites (tertiary alicyclic amines) is 2. The van der Waals surface area contributed by atoms with Crippen LogP contribution in [0, 0.1) is 11.8 Å². The number of carboxylic acids is 1. The largest absolute Gasteiger partial charge is 0.490 e. The SMILES string of the molecule is CN1C(=O)[C@H]2CN(Cc3cccnc3)C[C@H]2C12CCN(S(=O)(=O)c1ccccc1)CC2.O=C(O)C(F)(F)F. The van der Waals surface area contributed by atoms with Gasteiger partial charge in [0, 0.05) is 63.6 Å². The topological polar surface area (TPSA) is 111 Å². The highest BCUT2D eigenvalue weighted by Gasteiger charge is 2.60. The van der Waals surface area contributed by atoms with Gasteiger partial charge in [-0.2, -0.15) is 17.5 Å². The minimum atomic E-state index is -5.08. The molecule has 5 rings (SSSR count). The monoisotopic (exact) mass is 554 g/mol. The Hall–Kier alpha value is -3.03. The predicted octanol–water partition coefficient (Wildman–Crippen LogP) is 2.46. The molecule has 206 valence electrons. The molecule has 4 heterocycles. The lowest BCUT2D eigenvalue weighted by Crippen LogP contribution is -2.56. The van der Waals surface area contributed by atoms with Crippen molar-refractivity contribution in [1.29, 1.82) is 0 Å². The average molecular weight is 555 g/mol. The van der Waals surface area contributed by atoms with Gasteiger partial charge in [0.2, 0.25) is 15.9 Å². The highest BCUT2D eigenvalue weighted by Crippen LogP contribution is 2.49. The predicted molar refractivity (Wildman–Crippen MR) is 130 cm³/mol. The molecule has 0 bridgehead atoms. The second kappa shape index (κ2) is 10.6. The van der Waals surface area contributed by atoms with E-state index in [4.69, 9.17) is 9.90 Å². The van der Waals surface area contributed by atoms with Crippen molar-refractivity contribution >= 4 is 21.9 Å². The van der Waals surface area contributed by atoms with Crippen LogP contribution in [0.2, 0.25) is 0 Å². The zero-order valence-corrected chi connectivity index (χ0v) is 21.5. The third-order valence-electron chi connectivity index (χ3n) is 7.74. The second-order valence-corrected chi connectivity index (χ2v) is 11.7. The summed E-state index contributed by atoms with van der Waals surface area (Å²) in [5.41, 5.74) is 0.898. The van der Waals surface area contributed by atoms with Crippen LogP contribution in [-0.2, 0) is 26.2 Å². The summed E-state index contributed by atoms with van der Waals surface area (Å²) in [6.07, 6.45) is -0.0654. The Bertz CT molecular complexity index is 1250. The van der Waals surface area contributed by atoms with E-state index in [1.807, 2.05) is 30.3 Å². The lowest BCUT2D eigenvalue weighted by atomic mass is 9.75. The molecule has 0 saturated carbocycles. The summed E-state index contributed by atoms with van der Waals surface area (Å²) in [5.74, 6) is -2.31. The van der Waals surface area contributed by atoms with Gasteiger partial charge in [-0.25, -0.2) is 13.2 Å². The van der Waals surface area contributed by atoms with E-state index in [0.29, 0.717) is 30.8 Å². The molecular formula is C25H29F3N4O5S. The number of hydrogen-bond donors (Lipinski definition) is 1. The first-order chi connectivity index (χ1) is 17.9. The number of hydrogen-bond acceptors (Lipinski definition) is 6. The number of piperidine rings is 1. The molecule has 1 aromatic heterocycles. The van der Waals surface area contributed by atoms with Crippen molar-refractivity contribution in [3.05, 3.63) is 60.4 Å². The molecule has 0 radical (unpaired) electrons. The van der Waals surface area contributed by atoms with E-state index in [2.05, 4.69) is 16.0 Å². The number of carboxylic acid groups (broad SMARTS) is 1. The summed E-state index contributed by atoms with van der Waals surface area (Å²) in [4.78, 5) is 30.8. The van der Waals surface area contributed by atoms with Crippen molar-refractivity contribution in [2.24, 2.45) is 11.8 Å². The number of fused-ring (bicyclic) bond motifs is 2. The van der Waals surface area contributed by atoms with Crippen molar-refractivity contribution in [3.63, 3.8) is 0 Å². The molecule has 3 aliphatic heterocycles. The van der Waals surface area contributed by atoms with E-state index in [9.17, 15) is 26.4 Å². The summed E-state index contributed by atoms with van der Waals surface area (Å²) in [6, 6.07) is 12.6. The third kappa shape index (κ3) is 5.40. The maximum atomic E-state index is 13.1. The maximum absolute atomic E-state index is 13.1. The average Bonchev–Trinajstić information content (AvgIpc) is 3.39. The first-order valence-electron chi connectivity index (χ1n) is 12.1. The number of aliphatic carboxylic acids is 1. The number of sulfonamides is 1. The Morgan fingerprint density at radius 2 is 1.74 bits per heavy atom. The number of aromatic nitrogens is 1. The molecule has 9 nitrogen and oxygen atoms in total. The number of carbonyl (C=O) groups is 2. The van der Waals surface area contributed by atoms with E-state index >= 15 is 0 Å². The summed E-state index contributed by atoms with van der Waals surface area (Å²) < 4.78 is 59.4. The van der Waals surface area contributed by atoms with Gasteiger partial charge in [0.25, 0.3) is 0 Å². The lowest BCUT2D eigenvalue weighted by Gasteiger charge is -2.46. The van der Waals surface area contributed by atoms with Crippen LogP contribution in [0.3, 0.4) is 0 Å². The van der Waals surface area contributed by atoms with Crippen LogP contribution < -0.4 is 0 Å². The molecule has 1 spiro atoms. The Kier molecular flexibility index (Phi) is 7.82. The van der Waals surface area contributed by atoms with E-state index in [1.165, 1.54) is 0 Å². The normalized spacial score (nSPS) is 23.7. The number of amides is 1.